The average Bonchev–Trinajstić information content (AvgIpc) is 2.80. The molecule has 0 saturated heterocycles. The highest BCUT2D eigenvalue weighted by Gasteiger charge is 2.13. The molecule has 0 fully saturated rings. The summed E-state index contributed by atoms with van der Waals surface area (Å²) in [5.41, 5.74) is 1.06. The molecule has 0 saturated carbocycles. The molecule has 6 heteroatoms. The van der Waals surface area contributed by atoms with Crippen molar-refractivity contribution < 1.29 is 18.7 Å². The van der Waals surface area contributed by atoms with Crippen molar-refractivity contribution in [1.82, 2.24) is 0 Å². The summed E-state index contributed by atoms with van der Waals surface area (Å²) in [4.78, 5) is 10.9. The van der Waals surface area contributed by atoms with Crippen molar-refractivity contribution in [3.63, 3.8) is 0 Å². The first-order valence-electron chi connectivity index (χ1n) is 5.48. The minimum absolute atomic E-state index is 0.0856. The number of nitrogens with one attached hydrogen (secondary N) is 1. The summed E-state index contributed by atoms with van der Waals surface area (Å²) < 4.78 is 18.3. The van der Waals surface area contributed by atoms with Crippen LogP contribution in [0.5, 0.6) is 0 Å². The molecule has 2 N–H and O–H groups in total. The smallest absolute Gasteiger partial charge is 0.339 e. The predicted octanol–water partition coefficient (Wildman–Crippen LogP) is 3.69. The Labute approximate surface area is 113 Å². The standard InChI is InChI=1S/C13H11ClFNO3/c1-7-4-11(9(14)5-10(7)15)16-6-12-8(13(17)18)2-3-19-12/h2-5,16H,6H2,1H3,(H,17,18). The molecule has 0 amide bonds. The van der Waals surface area contributed by atoms with Gasteiger partial charge in [0.15, 0.2) is 0 Å². The minimum Gasteiger partial charge on any atom is -0.478 e. The molecule has 0 unspecified atom stereocenters. The summed E-state index contributed by atoms with van der Waals surface area (Å²) in [6, 6.07) is 4.14. The number of furan rings is 1. The van der Waals surface area contributed by atoms with E-state index < -0.39 is 5.97 Å². The van der Waals surface area contributed by atoms with Crippen LogP contribution >= 0.6 is 11.6 Å². The molecule has 100 valence electrons. The molecule has 0 aliphatic carbocycles. The van der Waals surface area contributed by atoms with E-state index in [2.05, 4.69) is 5.32 Å². The Morgan fingerprint density at radius 3 is 2.95 bits per heavy atom. The van der Waals surface area contributed by atoms with E-state index in [1.54, 1.807) is 13.0 Å². The monoisotopic (exact) mass is 283 g/mol. The van der Waals surface area contributed by atoms with Gasteiger partial charge in [-0.3, -0.25) is 0 Å². The second-order valence-electron chi connectivity index (χ2n) is 4.00. The maximum atomic E-state index is 13.2. The number of aryl methyl sites for hydroxylation is 1. The summed E-state index contributed by atoms with van der Waals surface area (Å²) in [5.74, 6) is -1.17. The van der Waals surface area contributed by atoms with E-state index >= 15 is 0 Å². The lowest BCUT2D eigenvalue weighted by Gasteiger charge is -2.09. The predicted molar refractivity (Wildman–Crippen MR) is 69.1 cm³/mol. The molecule has 0 aliphatic rings. The number of benzene rings is 1. The normalized spacial score (nSPS) is 10.5. The number of anilines is 1. The summed E-state index contributed by atoms with van der Waals surface area (Å²) in [7, 11) is 0. The average molecular weight is 284 g/mol. The number of halogens is 2. The van der Waals surface area contributed by atoms with Gasteiger partial charge >= 0.3 is 5.97 Å². The van der Waals surface area contributed by atoms with E-state index in [1.807, 2.05) is 0 Å². The lowest BCUT2D eigenvalue weighted by molar-refractivity contribution is 0.0694. The van der Waals surface area contributed by atoms with Crippen LogP contribution in [-0.2, 0) is 6.54 Å². The highest BCUT2D eigenvalue weighted by atomic mass is 35.5. The molecule has 4 nitrogen and oxygen atoms in total. The van der Waals surface area contributed by atoms with Gasteiger partial charge in [0.25, 0.3) is 0 Å². The third kappa shape index (κ3) is 2.88. The third-order valence-electron chi connectivity index (χ3n) is 2.66. The second-order valence-corrected chi connectivity index (χ2v) is 4.40. The van der Waals surface area contributed by atoms with Crippen LogP contribution in [0.2, 0.25) is 5.02 Å². The van der Waals surface area contributed by atoms with Crippen molar-refractivity contribution in [2.45, 2.75) is 13.5 Å². The molecule has 0 bridgehead atoms. The SMILES string of the molecule is Cc1cc(NCc2occc2C(=O)O)c(Cl)cc1F. The zero-order chi connectivity index (χ0) is 14.0. The van der Waals surface area contributed by atoms with E-state index in [0.717, 1.165) is 0 Å². The molecule has 0 spiro atoms. The van der Waals surface area contributed by atoms with Crippen LogP contribution in [0.25, 0.3) is 0 Å². The van der Waals surface area contributed by atoms with Crippen molar-refractivity contribution in [1.29, 1.82) is 0 Å². The largest absolute Gasteiger partial charge is 0.478 e. The van der Waals surface area contributed by atoms with Gasteiger partial charge in [0.05, 0.1) is 23.5 Å². The zero-order valence-corrected chi connectivity index (χ0v) is 10.8. The molecule has 0 radical (unpaired) electrons. The van der Waals surface area contributed by atoms with E-state index in [-0.39, 0.29) is 28.7 Å². The fourth-order valence-electron chi connectivity index (χ4n) is 1.64. The van der Waals surface area contributed by atoms with Gasteiger partial charge < -0.3 is 14.8 Å². The van der Waals surface area contributed by atoms with Gasteiger partial charge in [-0.15, -0.1) is 0 Å². The van der Waals surface area contributed by atoms with Gasteiger partial charge in [-0.25, -0.2) is 9.18 Å². The molecule has 2 rings (SSSR count). The van der Waals surface area contributed by atoms with Crippen molar-refractivity contribution in [3.8, 4) is 0 Å². The van der Waals surface area contributed by atoms with E-state index in [4.69, 9.17) is 21.1 Å². The Morgan fingerprint density at radius 1 is 1.53 bits per heavy atom. The van der Waals surface area contributed by atoms with Crippen molar-refractivity contribution in [2.75, 3.05) is 5.32 Å². The molecule has 2 aromatic rings. The van der Waals surface area contributed by atoms with Gasteiger partial charge in [0.1, 0.15) is 17.1 Å². The highest BCUT2D eigenvalue weighted by Crippen LogP contribution is 2.26. The lowest BCUT2D eigenvalue weighted by atomic mass is 10.2. The fourth-order valence-corrected chi connectivity index (χ4v) is 1.85. The molecular weight excluding hydrogens is 273 g/mol. The summed E-state index contributed by atoms with van der Waals surface area (Å²) >= 11 is 5.89. The highest BCUT2D eigenvalue weighted by molar-refractivity contribution is 6.33. The van der Waals surface area contributed by atoms with Gasteiger partial charge in [-0.1, -0.05) is 11.6 Å². The van der Waals surface area contributed by atoms with Crippen LogP contribution in [0.1, 0.15) is 21.7 Å². The van der Waals surface area contributed by atoms with Gasteiger partial charge in [0.2, 0.25) is 0 Å². The van der Waals surface area contributed by atoms with Crippen LogP contribution in [0.3, 0.4) is 0 Å². The molecular formula is C13H11ClFNO3. The first-order chi connectivity index (χ1) is 8.99. The second kappa shape index (κ2) is 5.32. The Bertz CT molecular complexity index is 624. The van der Waals surface area contributed by atoms with E-state index in [9.17, 15) is 9.18 Å². The van der Waals surface area contributed by atoms with E-state index in [0.29, 0.717) is 11.3 Å². The molecule has 1 aromatic heterocycles. The van der Waals surface area contributed by atoms with Crippen LogP contribution < -0.4 is 5.32 Å². The third-order valence-corrected chi connectivity index (χ3v) is 2.98. The van der Waals surface area contributed by atoms with Crippen molar-refractivity contribution >= 4 is 23.3 Å². The number of carbonyl (C=O) groups is 1. The summed E-state index contributed by atoms with van der Waals surface area (Å²) in [5, 5.41) is 12.1. The van der Waals surface area contributed by atoms with Crippen LogP contribution in [0.15, 0.2) is 28.9 Å². The number of rotatable bonds is 4. The van der Waals surface area contributed by atoms with Crippen LogP contribution in [-0.4, -0.2) is 11.1 Å². The Morgan fingerprint density at radius 2 is 2.26 bits per heavy atom. The Balaban J connectivity index is 2.17. The summed E-state index contributed by atoms with van der Waals surface area (Å²) in [6.07, 6.45) is 1.30. The molecule has 19 heavy (non-hydrogen) atoms. The number of hydrogen-bond donors (Lipinski definition) is 2. The Hall–Kier alpha value is -2.01. The number of carboxylic acid groups (broad SMARTS) is 1. The first kappa shape index (κ1) is 13.4. The quantitative estimate of drug-likeness (QED) is 0.898. The number of hydrogen-bond acceptors (Lipinski definition) is 3. The topological polar surface area (TPSA) is 62.5 Å². The molecule has 1 heterocycles. The fraction of sp³-hybridized carbons (Fsp3) is 0.154. The van der Waals surface area contributed by atoms with Crippen molar-refractivity contribution in [3.05, 3.63) is 52.2 Å². The molecule has 0 aliphatic heterocycles. The number of carboxylic acids is 1. The number of aromatic carboxylic acids is 1. The van der Waals surface area contributed by atoms with E-state index in [1.165, 1.54) is 18.4 Å². The molecule has 0 atom stereocenters. The van der Waals surface area contributed by atoms with Gasteiger partial charge in [0, 0.05) is 0 Å². The minimum atomic E-state index is -1.06. The van der Waals surface area contributed by atoms with Gasteiger partial charge in [-0.2, -0.15) is 0 Å². The maximum absolute atomic E-state index is 13.2. The lowest BCUT2D eigenvalue weighted by Crippen LogP contribution is -2.05. The first-order valence-corrected chi connectivity index (χ1v) is 5.86. The summed E-state index contributed by atoms with van der Waals surface area (Å²) in [6.45, 7) is 1.77. The molecule has 1 aromatic carbocycles. The maximum Gasteiger partial charge on any atom is 0.339 e. The Kier molecular flexibility index (Phi) is 3.76. The zero-order valence-electron chi connectivity index (χ0n) is 10.0. The van der Waals surface area contributed by atoms with Crippen LogP contribution in [0, 0.1) is 12.7 Å². The van der Waals surface area contributed by atoms with Gasteiger partial charge in [-0.05, 0) is 30.7 Å². The van der Waals surface area contributed by atoms with Crippen molar-refractivity contribution in [2.24, 2.45) is 0 Å². The van der Waals surface area contributed by atoms with Crippen LogP contribution in [0.4, 0.5) is 10.1 Å².